The molecule has 1 atom stereocenters. The van der Waals surface area contributed by atoms with Crippen molar-refractivity contribution in [3.63, 3.8) is 0 Å². The van der Waals surface area contributed by atoms with Gasteiger partial charge >= 0.3 is 0 Å². The Morgan fingerprint density at radius 3 is 2.70 bits per heavy atom. The molecule has 0 radical (unpaired) electrons. The van der Waals surface area contributed by atoms with Crippen molar-refractivity contribution in [2.75, 3.05) is 18.5 Å². The third kappa shape index (κ3) is 6.00. The highest BCUT2D eigenvalue weighted by Gasteiger charge is 2.12. The van der Waals surface area contributed by atoms with Crippen molar-refractivity contribution in [1.29, 1.82) is 0 Å². The van der Waals surface area contributed by atoms with Gasteiger partial charge in [-0.05, 0) is 38.5 Å². The predicted molar refractivity (Wildman–Crippen MR) is 88.3 cm³/mol. The van der Waals surface area contributed by atoms with Gasteiger partial charge in [-0.15, -0.1) is 10.2 Å². The first kappa shape index (κ1) is 17.4. The Bertz CT molecular complexity index is 598. The van der Waals surface area contributed by atoms with E-state index in [0.717, 1.165) is 11.3 Å². The number of hydrogen-bond donors (Lipinski definition) is 1. The van der Waals surface area contributed by atoms with E-state index in [2.05, 4.69) is 21.6 Å². The largest absolute Gasteiger partial charge is 0.423 e. The van der Waals surface area contributed by atoms with Crippen molar-refractivity contribution in [2.45, 2.75) is 46.4 Å². The molecule has 2 rings (SSSR count). The van der Waals surface area contributed by atoms with Crippen molar-refractivity contribution in [2.24, 2.45) is 0 Å². The lowest BCUT2D eigenvalue weighted by Crippen LogP contribution is -2.10. The fraction of sp³-hybridized carbons (Fsp3) is 0.529. The van der Waals surface area contributed by atoms with Crippen LogP contribution in [0.2, 0.25) is 0 Å². The molecule has 1 aromatic carbocycles. The molecule has 0 aliphatic rings. The number of nitrogens with one attached hydrogen (secondary N) is 1. The first-order valence-electron chi connectivity index (χ1n) is 7.89. The predicted octanol–water partition coefficient (Wildman–Crippen LogP) is 3.49. The fourth-order valence-corrected chi connectivity index (χ4v) is 2.08. The maximum atomic E-state index is 5.62. The zero-order valence-corrected chi connectivity index (χ0v) is 14.2. The molecule has 1 heterocycles. The Morgan fingerprint density at radius 2 is 2.00 bits per heavy atom. The number of nitrogens with zero attached hydrogens (tertiary/aromatic N) is 2. The Hall–Kier alpha value is -1.92. The van der Waals surface area contributed by atoms with Crippen molar-refractivity contribution < 1.29 is 13.9 Å². The third-order valence-corrected chi connectivity index (χ3v) is 3.17. The Morgan fingerprint density at radius 1 is 1.17 bits per heavy atom. The van der Waals surface area contributed by atoms with Gasteiger partial charge in [-0.1, -0.05) is 12.1 Å². The number of aryl methyl sites for hydroxylation is 1. The molecule has 126 valence electrons. The highest BCUT2D eigenvalue weighted by atomic mass is 16.5. The molecule has 0 spiro atoms. The molecule has 0 bridgehead atoms. The van der Waals surface area contributed by atoms with Crippen molar-refractivity contribution in [3.05, 3.63) is 41.6 Å². The fourth-order valence-electron chi connectivity index (χ4n) is 2.08. The molecule has 6 heteroatoms. The Labute approximate surface area is 137 Å². The van der Waals surface area contributed by atoms with Crippen molar-refractivity contribution in [3.8, 4) is 0 Å². The number of benzene rings is 1. The molecule has 0 aliphatic heterocycles. The van der Waals surface area contributed by atoms with Crippen LogP contribution in [0.25, 0.3) is 0 Å². The third-order valence-electron chi connectivity index (χ3n) is 3.17. The van der Waals surface area contributed by atoms with E-state index in [9.17, 15) is 0 Å². The van der Waals surface area contributed by atoms with Gasteiger partial charge in [0.1, 0.15) is 6.04 Å². The van der Waals surface area contributed by atoms with Crippen LogP contribution in [0.15, 0.2) is 28.7 Å². The van der Waals surface area contributed by atoms with Crippen LogP contribution in [-0.2, 0) is 16.1 Å². The Balaban J connectivity index is 1.82. The molecule has 1 N–H and O–H groups in total. The summed E-state index contributed by atoms with van der Waals surface area (Å²) in [5.41, 5.74) is 2.10. The van der Waals surface area contributed by atoms with Gasteiger partial charge in [0.15, 0.2) is 0 Å². The minimum absolute atomic E-state index is 0.0492. The van der Waals surface area contributed by atoms with Gasteiger partial charge in [0.25, 0.3) is 0 Å². The molecule has 6 nitrogen and oxygen atoms in total. The molecule has 0 aliphatic carbocycles. The second kappa shape index (κ2) is 8.64. The maximum absolute atomic E-state index is 5.62. The summed E-state index contributed by atoms with van der Waals surface area (Å²) in [6.45, 7) is 9.56. The van der Waals surface area contributed by atoms with E-state index in [1.165, 1.54) is 0 Å². The molecule has 23 heavy (non-hydrogen) atoms. The van der Waals surface area contributed by atoms with E-state index >= 15 is 0 Å². The lowest BCUT2D eigenvalue weighted by molar-refractivity contribution is 0.0143. The van der Waals surface area contributed by atoms with Gasteiger partial charge < -0.3 is 19.2 Å². The number of rotatable bonds is 9. The smallest absolute Gasteiger partial charge is 0.238 e. The van der Waals surface area contributed by atoms with Gasteiger partial charge in [0, 0.05) is 12.6 Å². The van der Waals surface area contributed by atoms with E-state index in [1.54, 1.807) is 6.92 Å². The van der Waals surface area contributed by atoms with Crippen LogP contribution in [0.4, 0.5) is 5.69 Å². The summed E-state index contributed by atoms with van der Waals surface area (Å²) in [5.74, 6) is 1.15. The molecular formula is C17H25N3O3. The van der Waals surface area contributed by atoms with Crippen LogP contribution in [-0.4, -0.2) is 29.5 Å². The lowest BCUT2D eigenvalue weighted by Gasteiger charge is -2.13. The van der Waals surface area contributed by atoms with Crippen LogP contribution in [0.3, 0.4) is 0 Å². The average Bonchev–Trinajstić information content (AvgIpc) is 2.94. The molecule has 1 aromatic heterocycles. The average molecular weight is 319 g/mol. The van der Waals surface area contributed by atoms with Gasteiger partial charge in [-0.25, -0.2) is 0 Å². The van der Waals surface area contributed by atoms with Crippen LogP contribution in [0, 0.1) is 6.92 Å². The van der Waals surface area contributed by atoms with E-state index in [1.807, 2.05) is 39.0 Å². The summed E-state index contributed by atoms with van der Waals surface area (Å²) >= 11 is 0. The molecule has 0 saturated heterocycles. The number of anilines is 1. The minimum Gasteiger partial charge on any atom is -0.423 e. The van der Waals surface area contributed by atoms with Crippen LogP contribution >= 0.6 is 0 Å². The summed E-state index contributed by atoms with van der Waals surface area (Å²) in [6, 6.07) is 8.05. The summed E-state index contributed by atoms with van der Waals surface area (Å²) in [4.78, 5) is 0. The van der Waals surface area contributed by atoms with E-state index in [0.29, 0.717) is 31.6 Å². The number of hydrogen-bond acceptors (Lipinski definition) is 6. The summed E-state index contributed by atoms with van der Waals surface area (Å²) in [6.07, 6.45) is 0.237. The zero-order valence-electron chi connectivity index (χ0n) is 14.2. The molecule has 0 amide bonds. The number of ether oxygens (including phenoxy) is 2. The van der Waals surface area contributed by atoms with Crippen molar-refractivity contribution in [1.82, 2.24) is 10.2 Å². The van der Waals surface area contributed by atoms with Crippen LogP contribution < -0.4 is 5.32 Å². The first-order valence-corrected chi connectivity index (χ1v) is 7.89. The van der Waals surface area contributed by atoms with E-state index in [4.69, 9.17) is 13.9 Å². The Kier molecular flexibility index (Phi) is 6.55. The van der Waals surface area contributed by atoms with Gasteiger partial charge in [0.05, 0.1) is 25.9 Å². The molecule has 1 unspecified atom stereocenters. The second-order valence-electron chi connectivity index (χ2n) is 5.70. The van der Waals surface area contributed by atoms with Gasteiger partial charge in [-0.2, -0.15) is 0 Å². The summed E-state index contributed by atoms with van der Waals surface area (Å²) in [7, 11) is 0. The monoisotopic (exact) mass is 319 g/mol. The lowest BCUT2D eigenvalue weighted by atomic mass is 10.2. The van der Waals surface area contributed by atoms with Crippen LogP contribution in [0.1, 0.15) is 44.2 Å². The normalized spacial score (nSPS) is 12.6. The summed E-state index contributed by atoms with van der Waals surface area (Å²) < 4.78 is 16.5. The SMILES string of the molecule is Cc1nnc(C(C)Nc2cccc(COCCOC(C)C)c2)o1. The van der Waals surface area contributed by atoms with Crippen molar-refractivity contribution >= 4 is 5.69 Å². The zero-order chi connectivity index (χ0) is 16.7. The molecule has 2 aromatic rings. The topological polar surface area (TPSA) is 69.4 Å². The van der Waals surface area contributed by atoms with E-state index < -0.39 is 0 Å². The minimum atomic E-state index is -0.0492. The first-order chi connectivity index (χ1) is 11.0. The molecule has 0 fully saturated rings. The molecular weight excluding hydrogens is 294 g/mol. The highest BCUT2D eigenvalue weighted by molar-refractivity contribution is 5.46. The highest BCUT2D eigenvalue weighted by Crippen LogP contribution is 2.19. The quantitative estimate of drug-likeness (QED) is 0.714. The standard InChI is InChI=1S/C17H25N3O3/c1-12(2)22-9-8-21-11-15-6-5-7-16(10-15)18-13(3)17-20-19-14(4)23-17/h5-7,10,12-13,18H,8-9,11H2,1-4H3. The van der Waals surface area contributed by atoms with Gasteiger partial charge in [0.2, 0.25) is 11.8 Å². The second-order valence-corrected chi connectivity index (χ2v) is 5.70. The van der Waals surface area contributed by atoms with Crippen LogP contribution in [0.5, 0.6) is 0 Å². The maximum Gasteiger partial charge on any atom is 0.238 e. The number of aromatic nitrogens is 2. The summed E-state index contributed by atoms with van der Waals surface area (Å²) in [5, 5.41) is 11.2. The van der Waals surface area contributed by atoms with E-state index in [-0.39, 0.29) is 12.1 Å². The van der Waals surface area contributed by atoms with Gasteiger partial charge in [-0.3, -0.25) is 0 Å². The molecule has 0 saturated carbocycles.